The molecule has 1 amide bonds. The number of methoxy groups -OCH3 is 1. The van der Waals surface area contributed by atoms with Gasteiger partial charge >= 0.3 is 0 Å². The number of rotatable bonds is 6. The van der Waals surface area contributed by atoms with Gasteiger partial charge in [-0.3, -0.25) is 9.59 Å². The number of amides is 1. The summed E-state index contributed by atoms with van der Waals surface area (Å²) in [6.07, 6.45) is 5.17. The molecule has 0 unspecified atom stereocenters. The Morgan fingerprint density at radius 1 is 1.26 bits per heavy atom. The number of ether oxygens (including phenoxy) is 1. The summed E-state index contributed by atoms with van der Waals surface area (Å²) in [5, 5.41) is 9.90. The Hall–Kier alpha value is -4.14. The summed E-state index contributed by atoms with van der Waals surface area (Å²) in [7, 11) is 1.43. The highest BCUT2D eigenvalue weighted by Crippen LogP contribution is 2.39. The van der Waals surface area contributed by atoms with Crippen LogP contribution in [-0.4, -0.2) is 27.8 Å². The molecule has 4 aromatic rings. The van der Waals surface area contributed by atoms with Crippen LogP contribution in [0.4, 0.5) is 10.2 Å². The number of nitrogens with zero attached hydrogens (tertiary/aromatic N) is 2. The number of nitrogens with two attached hydrogens (primary N) is 1. The summed E-state index contributed by atoms with van der Waals surface area (Å²) in [5.74, 6) is -0.354. The number of aromatic nitrogens is 3. The number of carbonyl (C=O) groups excluding carboxylic acids is 1. The van der Waals surface area contributed by atoms with E-state index in [9.17, 15) is 14.0 Å². The van der Waals surface area contributed by atoms with Gasteiger partial charge in [-0.05, 0) is 48.6 Å². The van der Waals surface area contributed by atoms with Crippen molar-refractivity contribution in [3.05, 3.63) is 76.0 Å². The molecule has 4 N–H and O–H groups in total. The number of carbonyl (C=O) groups is 1. The first-order valence-electron chi connectivity index (χ1n) is 11.1. The van der Waals surface area contributed by atoms with Gasteiger partial charge in [0.05, 0.1) is 18.1 Å². The van der Waals surface area contributed by atoms with Crippen LogP contribution < -0.4 is 21.3 Å². The van der Waals surface area contributed by atoms with E-state index in [1.165, 1.54) is 19.2 Å². The van der Waals surface area contributed by atoms with E-state index in [1.807, 2.05) is 35.0 Å². The third kappa shape index (κ3) is 3.79. The number of nitrogen functional groups attached to an aromatic ring is 1. The Morgan fingerprint density at radius 3 is 2.71 bits per heavy atom. The average molecular weight is 461 g/mol. The Labute approximate surface area is 194 Å². The lowest BCUT2D eigenvalue weighted by atomic mass is 9.93. The highest BCUT2D eigenvalue weighted by atomic mass is 19.1. The van der Waals surface area contributed by atoms with Gasteiger partial charge < -0.3 is 20.4 Å². The molecule has 1 aliphatic rings. The van der Waals surface area contributed by atoms with Crippen LogP contribution in [0.5, 0.6) is 5.75 Å². The molecule has 0 bridgehead atoms. The largest absolute Gasteiger partial charge is 0.496 e. The van der Waals surface area contributed by atoms with Crippen molar-refractivity contribution in [2.24, 2.45) is 0 Å². The molecule has 5 rings (SSSR count). The second-order valence-electron chi connectivity index (χ2n) is 8.42. The Kier molecular flexibility index (Phi) is 5.53. The Balaban J connectivity index is 1.40. The van der Waals surface area contributed by atoms with Crippen LogP contribution in [0.3, 0.4) is 0 Å². The first-order chi connectivity index (χ1) is 16.5. The second kappa shape index (κ2) is 8.66. The molecule has 1 fully saturated rings. The van der Waals surface area contributed by atoms with Crippen molar-refractivity contribution in [3.63, 3.8) is 0 Å². The van der Waals surface area contributed by atoms with E-state index in [0.29, 0.717) is 16.7 Å². The zero-order chi connectivity index (χ0) is 23.8. The zero-order valence-corrected chi connectivity index (χ0v) is 18.6. The van der Waals surface area contributed by atoms with E-state index >= 15 is 0 Å². The maximum Gasteiger partial charge on any atom is 0.288 e. The lowest BCUT2D eigenvalue weighted by molar-refractivity contribution is 0.0947. The molecule has 0 saturated heterocycles. The van der Waals surface area contributed by atoms with E-state index in [1.54, 1.807) is 0 Å². The first-order valence-corrected chi connectivity index (χ1v) is 11.1. The van der Waals surface area contributed by atoms with Crippen LogP contribution in [0.25, 0.3) is 22.0 Å². The smallest absolute Gasteiger partial charge is 0.288 e. The molecular formula is C25H24FN5O3. The monoisotopic (exact) mass is 461 g/mol. The van der Waals surface area contributed by atoms with E-state index in [2.05, 4.69) is 15.5 Å². The Bertz CT molecular complexity index is 1440. The molecule has 174 valence electrons. The maximum atomic E-state index is 13.6. The maximum absolute atomic E-state index is 13.6. The fourth-order valence-electron chi connectivity index (χ4n) is 4.34. The van der Waals surface area contributed by atoms with Crippen LogP contribution in [0.2, 0.25) is 0 Å². The van der Waals surface area contributed by atoms with Crippen molar-refractivity contribution in [2.75, 3.05) is 12.8 Å². The van der Waals surface area contributed by atoms with Gasteiger partial charge in [0.2, 0.25) is 0 Å². The molecule has 1 saturated carbocycles. The van der Waals surface area contributed by atoms with Crippen molar-refractivity contribution in [3.8, 4) is 16.9 Å². The number of hydrogen-bond donors (Lipinski definition) is 3. The minimum absolute atomic E-state index is 0.135. The van der Waals surface area contributed by atoms with Crippen LogP contribution in [0.15, 0.2) is 53.5 Å². The highest BCUT2D eigenvalue weighted by Gasteiger charge is 2.25. The molecule has 9 heteroatoms. The minimum atomic E-state index is -0.510. The lowest BCUT2D eigenvalue weighted by Crippen LogP contribution is -2.23. The van der Waals surface area contributed by atoms with Gasteiger partial charge in [0, 0.05) is 24.3 Å². The van der Waals surface area contributed by atoms with Crippen LogP contribution in [0.1, 0.15) is 41.2 Å². The number of aromatic amines is 1. The molecular weight excluding hydrogens is 437 g/mol. The van der Waals surface area contributed by atoms with Crippen LogP contribution >= 0.6 is 0 Å². The fraction of sp³-hybridized carbons (Fsp3) is 0.240. The second-order valence-corrected chi connectivity index (χ2v) is 8.42. The molecule has 1 aliphatic carbocycles. The SMILES string of the molecule is COc1ccc(F)cc1C(=O)NCc1ccc(-c2cn(C3CCC3)c3c(=O)[nH]nc(N)c23)cc1. The molecule has 2 aromatic carbocycles. The van der Waals surface area contributed by atoms with Gasteiger partial charge in [0.25, 0.3) is 11.5 Å². The molecule has 34 heavy (non-hydrogen) atoms. The van der Waals surface area contributed by atoms with E-state index < -0.39 is 11.7 Å². The predicted octanol–water partition coefficient (Wildman–Crippen LogP) is 3.78. The first kappa shape index (κ1) is 21.7. The topological polar surface area (TPSA) is 115 Å². The molecule has 0 radical (unpaired) electrons. The van der Waals surface area contributed by atoms with Gasteiger partial charge in [0.15, 0.2) is 5.82 Å². The summed E-state index contributed by atoms with van der Waals surface area (Å²) in [6.45, 7) is 0.256. The number of nitrogens with one attached hydrogen (secondary N) is 2. The van der Waals surface area contributed by atoms with Crippen molar-refractivity contribution < 1.29 is 13.9 Å². The zero-order valence-electron chi connectivity index (χ0n) is 18.6. The third-order valence-electron chi connectivity index (χ3n) is 6.37. The standard InChI is InChI=1S/C25H24FN5O3/c1-34-20-10-9-16(26)11-18(20)24(32)28-12-14-5-7-15(8-6-14)19-13-31(17-3-2-4-17)22-21(19)23(27)29-30-25(22)33/h5-11,13,17H,2-4,12H2,1H3,(H2,27,29)(H,28,32)(H,30,33). The van der Waals surface area contributed by atoms with Gasteiger partial charge in [0.1, 0.15) is 17.1 Å². The third-order valence-corrected chi connectivity index (χ3v) is 6.37. The van der Waals surface area contributed by atoms with Gasteiger partial charge in [-0.15, -0.1) is 0 Å². The van der Waals surface area contributed by atoms with E-state index in [0.717, 1.165) is 42.0 Å². The van der Waals surface area contributed by atoms with Crippen molar-refractivity contribution in [1.29, 1.82) is 0 Å². The summed E-state index contributed by atoms with van der Waals surface area (Å²) in [5.41, 5.74) is 9.18. The number of H-pyrrole nitrogens is 1. The number of fused-ring (bicyclic) bond motifs is 1. The normalized spacial score (nSPS) is 13.6. The summed E-state index contributed by atoms with van der Waals surface area (Å²) in [4.78, 5) is 25.1. The molecule has 8 nitrogen and oxygen atoms in total. The highest BCUT2D eigenvalue weighted by molar-refractivity contribution is 6.02. The van der Waals surface area contributed by atoms with Gasteiger partial charge in [-0.25, -0.2) is 9.49 Å². The van der Waals surface area contributed by atoms with Crippen molar-refractivity contribution in [2.45, 2.75) is 31.8 Å². The molecule has 2 heterocycles. The Morgan fingerprint density at radius 2 is 2.03 bits per heavy atom. The van der Waals surface area contributed by atoms with Crippen molar-refractivity contribution in [1.82, 2.24) is 20.1 Å². The molecule has 0 atom stereocenters. The lowest BCUT2D eigenvalue weighted by Gasteiger charge is -2.27. The molecule has 2 aromatic heterocycles. The quantitative estimate of drug-likeness (QED) is 0.404. The molecule has 0 spiro atoms. The number of hydrogen-bond acceptors (Lipinski definition) is 5. The minimum Gasteiger partial charge on any atom is -0.496 e. The summed E-state index contributed by atoms with van der Waals surface area (Å²) >= 11 is 0. The van der Waals surface area contributed by atoms with Gasteiger partial charge in [-0.1, -0.05) is 24.3 Å². The number of benzene rings is 2. The summed E-state index contributed by atoms with van der Waals surface area (Å²) in [6, 6.07) is 11.7. The van der Waals surface area contributed by atoms with Crippen molar-refractivity contribution >= 4 is 22.6 Å². The molecule has 0 aliphatic heterocycles. The van der Waals surface area contributed by atoms with E-state index in [-0.39, 0.29) is 29.5 Å². The van der Waals surface area contributed by atoms with Crippen LogP contribution in [0, 0.1) is 5.82 Å². The van der Waals surface area contributed by atoms with E-state index in [4.69, 9.17) is 10.5 Å². The number of halogens is 1. The summed E-state index contributed by atoms with van der Waals surface area (Å²) < 4.78 is 20.8. The fourth-order valence-corrected chi connectivity index (χ4v) is 4.34. The van der Waals surface area contributed by atoms with Crippen LogP contribution in [-0.2, 0) is 6.54 Å². The number of anilines is 1. The predicted molar refractivity (Wildman–Crippen MR) is 127 cm³/mol. The average Bonchev–Trinajstić information content (AvgIpc) is 3.20. The van der Waals surface area contributed by atoms with Gasteiger partial charge in [-0.2, -0.15) is 5.10 Å².